The molecule has 0 bridgehead atoms. The van der Waals surface area contributed by atoms with E-state index in [1.54, 1.807) is 0 Å². The predicted molar refractivity (Wildman–Crippen MR) is 49.9 cm³/mol. The molecule has 0 aromatic heterocycles. The molecule has 1 saturated heterocycles. The van der Waals surface area contributed by atoms with E-state index in [1.807, 2.05) is 0 Å². The van der Waals surface area contributed by atoms with Gasteiger partial charge in [-0.25, -0.2) is 0 Å². The van der Waals surface area contributed by atoms with Crippen molar-refractivity contribution < 1.29 is 4.79 Å². The molecule has 1 N–H and O–H groups in total. The van der Waals surface area contributed by atoms with E-state index in [0.29, 0.717) is 12.3 Å². The SMILES string of the molecule is CCC(C)CC1(C)CCC(=O)N1. The van der Waals surface area contributed by atoms with Gasteiger partial charge in [0.15, 0.2) is 0 Å². The summed E-state index contributed by atoms with van der Waals surface area (Å²) in [5, 5.41) is 3.06. The van der Waals surface area contributed by atoms with Crippen LogP contribution in [0.5, 0.6) is 0 Å². The summed E-state index contributed by atoms with van der Waals surface area (Å²) < 4.78 is 0. The van der Waals surface area contributed by atoms with Crippen LogP contribution in [-0.2, 0) is 4.79 Å². The van der Waals surface area contributed by atoms with Crippen molar-refractivity contribution in [2.45, 2.75) is 52.0 Å². The summed E-state index contributed by atoms with van der Waals surface area (Å²) in [6, 6.07) is 0. The average Bonchev–Trinajstić information content (AvgIpc) is 2.30. The first-order chi connectivity index (χ1) is 5.56. The lowest BCUT2D eigenvalue weighted by Crippen LogP contribution is -2.39. The minimum absolute atomic E-state index is 0.0898. The van der Waals surface area contributed by atoms with Crippen molar-refractivity contribution in [3.05, 3.63) is 0 Å². The zero-order chi connectivity index (χ0) is 9.19. The van der Waals surface area contributed by atoms with Gasteiger partial charge in [0.05, 0.1) is 0 Å². The Morgan fingerprint density at radius 1 is 1.67 bits per heavy atom. The van der Waals surface area contributed by atoms with Crippen molar-refractivity contribution in [2.75, 3.05) is 0 Å². The first-order valence-corrected chi connectivity index (χ1v) is 4.87. The second-order valence-corrected chi connectivity index (χ2v) is 4.33. The zero-order valence-corrected chi connectivity index (χ0v) is 8.31. The van der Waals surface area contributed by atoms with Gasteiger partial charge in [0.1, 0.15) is 0 Å². The zero-order valence-electron chi connectivity index (χ0n) is 8.31. The Morgan fingerprint density at radius 2 is 2.33 bits per heavy atom. The van der Waals surface area contributed by atoms with Gasteiger partial charge in [-0.05, 0) is 25.7 Å². The summed E-state index contributed by atoms with van der Waals surface area (Å²) >= 11 is 0. The van der Waals surface area contributed by atoms with Crippen molar-refractivity contribution in [3.8, 4) is 0 Å². The fourth-order valence-electron chi connectivity index (χ4n) is 1.92. The highest BCUT2D eigenvalue weighted by atomic mass is 16.2. The van der Waals surface area contributed by atoms with Crippen LogP contribution in [0.3, 0.4) is 0 Å². The molecule has 0 aromatic rings. The number of hydrogen-bond acceptors (Lipinski definition) is 1. The van der Waals surface area contributed by atoms with Gasteiger partial charge < -0.3 is 5.32 Å². The van der Waals surface area contributed by atoms with Crippen molar-refractivity contribution in [1.29, 1.82) is 0 Å². The fourth-order valence-corrected chi connectivity index (χ4v) is 1.92. The summed E-state index contributed by atoms with van der Waals surface area (Å²) in [4.78, 5) is 11.0. The Hall–Kier alpha value is -0.530. The van der Waals surface area contributed by atoms with Gasteiger partial charge in [-0.2, -0.15) is 0 Å². The fraction of sp³-hybridized carbons (Fsp3) is 0.900. The number of carbonyl (C=O) groups excluding carboxylic acids is 1. The van der Waals surface area contributed by atoms with E-state index < -0.39 is 0 Å². The van der Waals surface area contributed by atoms with E-state index in [9.17, 15) is 4.79 Å². The van der Waals surface area contributed by atoms with Crippen LogP contribution in [-0.4, -0.2) is 11.4 Å². The summed E-state index contributed by atoms with van der Waals surface area (Å²) in [5.74, 6) is 0.939. The molecule has 1 rings (SSSR count). The number of rotatable bonds is 3. The number of nitrogens with one attached hydrogen (secondary N) is 1. The van der Waals surface area contributed by atoms with Crippen LogP contribution in [0.2, 0.25) is 0 Å². The molecule has 0 spiro atoms. The van der Waals surface area contributed by atoms with E-state index in [1.165, 1.54) is 6.42 Å². The Morgan fingerprint density at radius 3 is 2.75 bits per heavy atom. The lowest BCUT2D eigenvalue weighted by molar-refractivity contribution is -0.119. The largest absolute Gasteiger partial charge is 0.351 e. The molecule has 1 aliphatic heterocycles. The van der Waals surface area contributed by atoms with Crippen LogP contribution < -0.4 is 5.32 Å². The maximum absolute atomic E-state index is 11.0. The number of hydrogen-bond donors (Lipinski definition) is 1. The van der Waals surface area contributed by atoms with Crippen LogP contribution in [0.1, 0.15) is 46.5 Å². The quantitative estimate of drug-likeness (QED) is 0.688. The van der Waals surface area contributed by atoms with Crippen LogP contribution in [0, 0.1) is 5.92 Å². The van der Waals surface area contributed by atoms with Crippen molar-refractivity contribution >= 4 is 5.91 Å². The normalized spacial score (nSPS) is 31.8. The minimum atomic E-state index is 0.0898. The summed E-state index contributed by atoms with van der Waals surface area (Å²) in [6.07, 6.45) is 4.05. The van der Waals surface area contributed by atoms with Crippen LogP contribution in [0.4, 0.5) is 0 Å². The topological polar surface area (TPSA) is 29.1 Å². The van der Waals surface area contributed by atoms with Crippen molar-refractivity contribution in [2.24, 2.45) is 5.92 Å². The molecular weight excluding hydrogens is 150 g/mol. The van der Waals surface area contributed by atoms with E-state index in [0.717, 1.165) is 12.8 Å². The Bertz CT molecular complexity index is 179. The summed E-state index contributed by atoms with van der Waals surface area (Å²) in [5.41, 5.74) is 0.0898. The third-order valence-corrected chi connectivity index (χ3v) is 2.84. The second kappa shape index (κ2) is 3.46. The lowest BCUT2D eigenvalue weighted by Gasteiger charge is -2.26. The highest BCUT2D eigenvalue weighted by molar-refractivity contribution is 5.79. The molecule has 2 heteroatoms. The monoisotopic (exact) mass is 169 g/mol. The van der Waals surface area contributed by atoms with Crippen molar-refractivity contribution in [1.82, 2.24) is 5.32 Å². The lowest BCUT2D eigenvalue weighted by atomic mass is 9.87. The third-order valence-electron chi connectivity index (χ3n) is 2.84. The Kier molecular flexibility index (Phi) is 2.76. The van der Waals surface area contributed by atoms with Gasteiger partial charge in [0.25, 0.3) is 0 Å². The molecule has 1 aliphatic rings. The third kappa shape index (κ3) is 2.23. The van der Waals surface area contributed by atoms with Crippen LogP contribution in [0.15, 0.2) is 0 Å². The molecule has 0 aliphatic carbocycles. The molecule has 70 valence electrons. The van der Waals surface area contributed by atoms with Crippen LogP contribution >= 0.6 is 0 Å². The molecule has 1 amide bonds. The molecule has 0 radical (unpaired) electrons. The number of carbonyl (C=O) groups is 1. The van der Waals surface area contributed by atoms with Crippen molar-refractivity contribution in [3.63, 3.8) is 0 Å². The molecule has 0 aromatic carbocycles. The molecule has 2 atom stereocenters. The van der Waals surface area contributed by atoms with E-state index in [4.69, 9.17) is 0 Å². The van der Waals surface area contributed by atoms with Gasteiger partial charge in [-0.15, -0.1) is 0 Å². The summed E-state index contributed by atoms with van der Waals surface area (Å²) in [6.45, 7) is 6.60. The molecule has 2 nitrogen and oxygen atoms in total. The Labute approximate surface area is 74.7 Å². The molecular formula is C10H19NO. The van der Waals surface area contributed by atoms with E-state index >= 15 is 0 Å². The van der Waals surface area contributed by atoms with Gasteiger partial charge in [-0.1, -0.05) is 20.3 Å². The molecule has 0 saturated carbocycles. The molecule has 1 fully saturated rings. The maximum atomic E-state index is 11.0. The standard InChI is InChI=1S/C10H19NO/c1-4-8(2)7-10(3)6-5-9(12)11-10/h8H,4-7H2,1-3H3,(H,11,12). The predicted octanol–water partition coefficient (Wildman–Crippen LogP) is 2.09. The van der Waals surface area contributed by atoms with E-state index in [-0.39, 0.29) is 11.4 Å². The average molecular weight is 169 g/mol. The van der Waals surface area contributed by atoms with Gasteiger partial charge in [0.2, 0.25) is 5.91 Å². The molecule has 1 heterocycles. The maximum Gasteiger partial charge on any atom is 0.220 e. The molecule has 12 heavy (non-hydrogen) atoms. The minimum Gasteiger partial charge on any atom is -0.351 e. The number of amides is 1. The van der Waals surface area contributed by atoms with Gasteiger partial charge in [0, 0.05) is 12.0 Å². The van der Waals surface area contributed by atoms with Gasteiger partial charge >= 0.3 is 0 Å². The van der Waals surface area contributed by atoms with Gasteiger partial charge in [-0.3, -0.25) is 4.79 Å². The molecule has 2 unspecified atom stereocenters. The highest BCUT2D eigenvalue weighted by Gasteiger charge is 2.33. The first-order valence-electron chi connectivity index (χ1n) is 4.87. The first kappa shape index (κ1) is 9.56. The summed E-state index contributed by atoms with van der Waals surface area (Å²) in [7, 11) is 0. The second-order valence-electron chi connectivity index (χ2n) is 4.33. The van der Waals surface area contributed by atoms with E-state index in [2.05, 4.69) is 26.1 Å². The Balaban J connectivity index is 2.44. The smallest absolute Gasteiger partial charge is 0.220 e. The van der Waals surface area contributed by atoms with Crippen LogP contribution in [0.25, 0.3) is 0 Å². The highest BCUT2D eigenvalue weighted by Crippen LogP contribution is 2.27.